The van der Waals surface area contributed by atoms with Crippen LogP contribution >= 0.6 is 11.6 Å². The van der Waals surface area contributed by atoms with Crippen LogP contribution in [0.15, 0.2) is 83.5 Å². The highest BCUT2D eigenvalue weighted by Crippen LogP contribution is 2.32. The van der Waals surface area contributed by atoms with E-state index >= 15 is 0 Å². The Balaban J connectivity index is 1.38. The summed E-state index contributed by atoms with van der Waals surface area (Å²) in [5, 5.41) is 13.6. The number of hydrogen-bond acceptors (Lipinski definition) is 6. The summed E-state index contributed by atoms with van der Waals surface area (Å²) in [5.41, 5.74) is 4.40. The molecule has 0 saturated carbocycles. The Hall–Kier alpha value is -4.36. The zero-order valence-corrected chi connectivity index (χ0v) is 19.4. The Morgan fingerprint density at radius 3 is 2.71 bits per heavy atom. The molecule has 0 saturated heterocycles. The summed E-state index contributed by atoms with van der Waals surface area (Å²) in [5.74, 6) is 0.359. The fourth-order valence-electron chi connectivity index (χ4n) is 3.71. The summed E-state index contributed by atoms with van der Waals surface area (Å²) >= 11 is 6.49. The van der Waals surface area contributed by atoms with Gasteiger partial charge in [0.1, 0.15) is 30.3 Å². The Bertz CT molecular complexity index is 1550. The molecule has 0 aliphatic heterocycles. The second kappa shape index (κ2) is 9.48. The van der Waals surface area contributed by atoms with Crippen LogP contribution in [0.25, 0.3) is 22.2 Å². The molecule has 5 aromatic rings. The van der Waals surface area contributed by atoms with Crippen LogP contribution in [-0.4, -0.2) is 21.0 Å². The van der Waals surface area contributed by atoms with E-state index in [1.165, 1.54) is 18.0 Å². The molecule has 2 aromatic heterocycles. The van der Waals surface area contributed by atoms with Crippen LogP contribution in [0.1, 0.15) is 21.7 Å². The van der Waals surface area contributed by atoms with Crippen molar-refractivity contribution in [2.24, 2.45) is 0 Å². The van der Waals surface area contributed by atoms with Gasteiger partial charge in [0.15, 0.2) is 0 Å². The molecular weight excluding hydrogens is 466 g/mol. The molecule has 2 N–H and O–H groups in total. The number of furan rings is 1. The Morgan fingerprint density at radius 2 is 1.94 bits per heavy atom. The normalized spacial score (nSPS) is 10.9. The molecule has 0 fully saturated rings. The highest BCUT2D eigenvalue weighted by molar-refractivity contribution is 6.32. The first kappa shape index (κ1) is 22.4. The van der Waals surface area contributed by atoms with Crippen LogP contribution in [0, 0.1) is 6.92 Å². The number of carbonyl (C=O) groups is 1. The van der Waals surface area contributed by atoms with Crippen molar-refractivity contribution in [1.82, 2.24) is 9.97 Å². The molecule has 2 heterocycles. The molecule has 7 nitrogen and oxygen atoms in total. The third kappa shape index (κ3) is 4.95. The van der Waals surface area contributed by atoms with Crippen LogP contribution in [0.3, 0.4) is 0 Å². The van der Waals surface area contributed by atoms with Crippen LogP contribution in [0.2, 0.25) is 5.02 Å². The van der Waals surface area contributed by atoms with Gasteiger partial charge in [-0.2, -0.15) is 0 Å². The molecular formula is C27H20ClN3O4. The average molecular weight is 486 g/mol. The SMILES string of the molecule is Cc1cccc(COc2ccc(Nc3ncnc4ccc(-c5ccc(C(=O)O)o5)cc34)cc2Cl)c1. The van der Waals surface area contributed by atoms with E-state index in [-0.39, 0.29) is 5.76 Å². The van der Waals surface area contributed by atoms with E-state index in [4.69, 9.17) is 25.9 Å². The second-order valence-corrected chi connectivity index (χ2v) is 8.38. The lowest BCUT2D eigenvalue weighted by Gasteiger charge is -2.12. The summed E-state index contributed by atoms with van der Waals surface area (Å²) in [6, 6.07) is 22.1. The summed E-state index contributed by atoms with van der Waals surface area (Å²) in [4.78, 5) is 19.9. The van der Waals surface area contributed by atoms with Gasteiger partial charge in [0.25, 0.3) is 0 Å². The number of aromatic nitrogens is 2. The molecule has 0 spiro atoms. The van der Waals surface area contributed by atoms with Crippen LogP contribution in [-0.2, 0) is 6.61 Å². The van der Waals surface area contributed by atoms with E-state index in [1.807, 2.05) is 55.5 Å². The lowest BCUT2D eigenvalue weighted by Crippen LogP contribution is -1.98. The number of rotatable bonds is 7. The maximum absolute atomic E-state index is 11.1. The minimum Gasteiger partial charge on any atom is -0.487 e. The molecule has 0 aliphatic carbocycles. The molecule has 0 aliphatic rings. The molecule has 0 amide bonds. The number of fused-ring (bicyclic) bond motifs is 1. The lowest BCUT2D eigenvalue weighted by molar-refractivity contribution is 0.0663. The standard InChI is InChI=1S/C27H20ClN3O4/c1-16-3-2-4-17(11-16)14-34-24-8-6-19(13-21(24)28)31-26-20-12-18(5-7-22(20)29-15-30-26)23-9-10-25(35-23)27(32)33/h2-13,15H,14H2,1H3,(H,32,33)(H,29,30,31). The number of anilines is 2. The van der Waals surface area contributed by atoms with Gasteiger partial charge in [0.05, 0.1) is 10.5 Å². The zero-order valence-electron chi connectivity index (χ0n) is 18.7. The topological polar surface area (TPSA) is 97.5 Å². The van der Waals surface area contributed by atoms with Crippen molar-refractivity contribution in [3.8, 4) is 17.1 Å². The first-order valence-electron chi connectivity index (χ1n) is 10.8. The van der Waals surface area contributed by atoms with E-state index in [2.05, 4.69) is 21.4 Å². The molecule has 0 radical (unpaired) electrons. The van der Waals surface area contributed by atoms with Gasteiger partial charge in [-0.15, -0.1) is 0 Å². The Kier molecular flexibility index (Phi) is 6.08. The van der Waals surface area contributed by atoms with Crippen molar-refractivity contribution in [3.63, 3.8) is 0 Å². The Labute approximate surface area is 206 Å². The summed E-state index contributed by atoms with van der Waals surface area (Å²) in [6.07, 6.45) is 1.47. The van der Waals surface area contributed by atoms with Gasteiger partial charge in [-0.3, -0.25) is 0 Å². The van der Waals surface area contributed by atoms with Crippen LogP contribution < -0.4 is 10.1 Å². The van der Waals surface area contributed by atoms with Gasteiger partial charge in [-0.25, -0.2) is 14.8 Å². The van der Waals surface area contributed by atoms with E-state index in [9.17, 15) is 4.79 Å². The smallest absolute Gasteiger partial charge is 0.371 e. The van der Waals surface area contributed by atoms with Gasteiger partial charge in [-0.05, 0) is 61.0 Å². The predicted octanol–water partition coefficient (Wildman–Crippen LogP) is 6.87. The van der Waals surface area contributed by atoms with Crippen molar-refractivity contribution < 1.29 is 19.1 Å². The van der Waals surface area contributed by atoms with Crippen molar-refractivity contribution in [2.45, 2.75) is 13.5 Å². The van der Waals surface area contributed by atoms with Gasteiger partial charge >= 0.3 is 5.97 Å². The first-order chi connectivity index (χ1) is 17.0. The molecule has 0 bridgehead atoms. The van der Waals surface area contributed by atoms with Crippen molar-refractivity contribution in [3.05, 3.63) is 101 Å². The molecule has 5 rings (SSSR count). The number of aromatic carboxylic acids is 1. The number of hydrogen-bond donors (Lipinski definition) is 2. The van der Waals surface area contributed by atoms with Gasteiger partial charge in [-0.1, -0.05) is 41.4 Å². The number of carboxylic acids is 1. The quantitative estimate of drug-likeness (QED) is 0.259. The predicted molar refractivity (Wildman–Crippen MR) is 134 cm³/mol. The van der Waals surface area contributed by atoms with Gasteiger partial charge in [0.2, 0.25) is 5.76 Å². The molecule has 3 aromatic carbocycles. The third-order valence-corrected chi connectivity index (χ3v) is 5.70. The summed E-state index contributed by atoms with van der Waals surface area (Å²) < 4.78 is 11.3. The number of ether oxygens (including phenoxy) is 1. The minimum absolute atomic E-state index is 0.123. The number of benzene rings is 3. The zero-order chi connectivity index (χ0) is 24.4. The molecule has 0 atom stereocenters. The number of nitrogens with zero attached hydrogens (tertiary/aromatic N) is 2. The molecule has 8 heteroatoms. The van der Waals surface area contributed by atoms with Crippen molar-refractivity contribution in [2.75, 3.05) is 5.32 Å². The molecule has 0 unspecified atom stereocenters. The van der Waals surface area contributed by atoms with Crippen molar-refractivity contribution >= 4 is 40.0 Å². The summed E-state index contributed by atoms with van der Waals surface area (Å²) in [7, 11) is 0. The largest absolute Gasteiger partial charge is 0.487 e. The molecule has 174 valence electrons. The van der Waals surface area contributed by atoms with E-state index in [0.717, 1.165) is 22.2 Å². The monoisotopic (exact) mass is 485 g/mol. The number of aryl methyl sites for hydroxylation is 1. The highest BCUT2D eigenvalue weighted by atomic mass is 35.5. The van der Waals surface area contributed by atoms with Gasteiger partial charge < -0.3 is 19.6 Å². The summed E-state index contributed by atoms with van der Waals surface area (Å²) in [6.45, 7) is 2.46. The highest BCUT2D eigenvalue weighted by Gasteiger charge is 2.13. The third-order valence-electron chi connectivity index (χ3n) is 5.41. The Morgan fingerprint density at radius 1 is 1.06 bits per heavy atom. The number of halogens is 1. The van der Waals surface area contributed by atoms with E-state index in [1.54, 1.807) is 12.1 Å². The first-order valence-corrected chi connectivity index (χ1v) is 11.2. The fourth-order valence-corrected chi connectivity index (χ4v) is 3.95. The van der Waals surface area contributed by atoms with E-state index in [0.29, 0.717) is 34.5 Å². The number of carboxylic acid groups (broad SMARTS) is 1. The number of nitrogens with one attached hydrogen (secondary N) is 1. The van der Waals surface area contributed by atoms with Crippen molar-refractivity contribution in [1.29, 1.82) is 0 Å². The fraction of sp³-hybridized carbons (Fsp3) is 0.0741. The molecule has 35 heavy (non-hydrogen) atoms. The average Bonchev–Trinajstić information content (AvgIpc) is 3.35. The maximum Gasteiger partial charge on any atom is 0.371 e. The minimum atomic E-state index is -1.12. The maximum atomic E-state index is 11.1. The lowest BCUT2D eigenvalue weighted by atomic mass is 10.1. The second-order valence-electron chi connectivity index (χ2n) is 7.97. The van der Waals surface area contributed by atoms with Gasteiger partial charge in [0, 0.05) is 16.6 Å². The van der Waals surface area contributed by atoms with Crippen LogP contribution in [0.4, 0.5) is 11.5 Å². The van der Waals surface area contributed by atoms with E-state index < -0.39 is 5.97 Å². The van der Waals surface area contributed by atoms with Crippen LogP contribution in [0.5, 0.6) is 5.75 Å².